The van der Waals surface area contributed by atoms with Crippen LogP contribution in [0.25, 0.3) is 0 Å². The molecule has 0 saturated carbocycles. The largest absolute Gasteiger partial charge is 0.399 e. The van der Waals surface area contributed by atoms with Gasteiger partial charge in [-0.2, -0.15) is 0 Å². The summed E-state index contributed by atoms with van der Waals surface area (Å²) in [5.74, 6) is 0.489. The summed E-state index contributed by atoms with van der Waals surface area (Å²) < 4.78 is 0. The van der Waals surface area contributed by atoms with Crippen LogP contribution < -0.4 is 16.0 Å². The van der Waals surface area contributed by atoms with Crippen LogP contribution in [0, 0.1) is 5.92 Å². The fourth-order valence-electron chi connectivity index (χ4n) is 2.10. The van der Waals surface area contributed by atoms with Gasteiger partial charge in [0.15, 0.2) is 0 Å². The number of carbonyl (C=O) groups excluding carboxylic acids is 1. The van der Waals surface area contributed by atoms with Crippen LogP contribution in [-0.4, -0.2) is 25.5 Å². The molecule has 0 unspecified atom stereocenters. The first-order valence-corrected chi connectivity index (χ1v) is 6.92. The van der Waals surface area contributed by atoms with E-state index in [2.05, 4.69) is 31.0 Å². The van der Waals surface area contributed by atoms with Crippen LogP contribution in [0.4, 0.5) is 11.4 Å². The van der Waals surface area contributed by atoms with Crippen LogP contribution >= 0.6 is 0 Å². The van der Waals surface area contributed by atoms with Gasteiger partial charge < -0.3 is 16.0 Å². The monoisotopic (exact) mass is 263 g/mol. The average molecular weight is 263 g/mol. The van der Waals surface area contributed by atoms with Crippen molar-refractivity contribution in [1.82, 2.24) is 5.32 Å². The Labute approximate surface area is 116 Å². The molecule has 1 aromatic carbocycles. The summed E-state index contributed by atoms with van der Waals surface area (Å²) in [6, 6.07) is 5.46. The molecule has 3 N–H and O–H groups in total. The summed E-state index contributed by atoms with van der Waals surface area (Å²) in [6.45, 7) is 10.7. The molecule has 0 aliphatic heterocycles. The van der Waals surface area contributed by atoms with Gasteiger partial charge in [-0.05, 0) is 38.0 Å². The first kappa shape index (κ1) is 15.3. The van der Waals surface area contributed by atoms with Gasteiger partial charge in [-0.15, -0.1) is 0 Å². The number of hydrogen-bond donors (Lipinski definition) is 2. The maximum Gasteiger partial charge on any atom is 0.253 e. The highest BCUT2D eigenvalue weighted by Crippen LogP contribution is 2.24. The van der Waals surface area contributed by atoms with Gasteiger partial charge in [-0.25, -0.2) is 0 Å². The number of hydrogen-bond acceptors (Lipinski definition) is 3. The quantitative estimate of drug-likeness (QED) is 0.775. The Morgan fingerprint density at radius 2 is 2.05 bits per heavy atom. The second-order valence-corrected chi connectivity index (χ2v) is 5.07. The van der Waals surface area contributed by atoms with E-state index in [1.807, 2.05) is 13.0 Å². The second kappa shape index (κ2) is 7.02. The Hall–Kier alpha value is -1.71. The molecule has 0 heterocycles. The van der Waals surface area contributed by atoms with Gasteiger partial charge in [0.05, 0.1) is 11.3 Å². The predicted molar refractivity (Wildman–Crippen MR) is 81.6 cm³/mol. The molecular formula is C15H25N3O. The molecule has 19 heavy (non-hydrogen) atoms. The molecular weight excluding hydrogens is 238 g/mol. The predicted octanol–water partition coefficient (Wildman–Crippen LogP) is 2.50. The summed E-state index contributed by atoms with van der Waals surface area (Å²) in [7, 11) is 0. The highest BCUT2D eigenvalue weighted by Gasteiger charge is 2.16. The number of rotatable bonds is 6. The molecule has 4 nitrogen and oxygen atoms in total. The second-order valence-electron chi connectivity index (χ2n) is 5.07. The lowest BCUT2D eigenvalue weighted by molar-refractivity contribution is 0.0956. The zero-order chi connectivity index (χ0) is 14.4. The molecule has 106 valence electrons. The summed E-state index contributed by atoms with van der Waals surface area (Å²) in [5.41, 5.74) is 8.16. The number of carbonyl (C=O) groups is 1. The van der Waals surface area contributed by atoms with Crippen molar-refractivity contribution < 1.29 is 4.79 Å². The van der Waals surface area contributed by atoms with E-state index in [1.165, 1.54) is 0 Å². The van der Waals surface area contributed by atoms with Crippen molar-refractivity contribution in [3.63, 3.8) is 0 Å². The van der Waals surface area contributed by atoms with E-state index < -0.39 is 0 Å². The molecule has 0 aromatic heterocycles. The molecule has 0 atom stereocenters. The summed E-state index contributed by atoms with van der Waals surface area (Å²) >= 11 is 0. The van der Waals surface area contributed by atoms with E-state index in [0.29, 0.717) is 23.7 Å². The van der Waals surface area contributed by atoms with Crippen LogP contribution in [0.1, 0.15) is 38.1 Å². The van der Waals surface area contributed by atoms with Crippen molar-refractivity contribution >= 4 is 17.3 Å². The van der Waals surface area contributed by atoms with Gasteiger partial charge >= 0.3 is 0 Å². The van der Waals surface area contributed by atoms with Crippen molar-refractivity contribution in [2.45, 2.75) is 27.7 Å². The minimum absolute atomic E-state index is 0.0419. The smallest absolute Gasteiger partial charge is 0.253 e. The van der Waals surface area contributed by atoms with E-state index in [9.17, 15) is 4.79 Å². The molecule has 0 fully saturated rings. The maximum absolute atomic E-state index is 12.1. The number of nitrogens with one attached hydrogen (secondary N) is 1. The fourth-order valence-corrected chi connectivity index (χ4v) is 2.10. The van der Waals surface area contributed by atoms with Crippen LogP contribution in [-0.2, 0) is 0 Å². The Bertz CT molecular complexity index is 429. The summed E-state index contributed by atoms with van der Waals surface area (Å²) in [5, 5.41) is 2.85. The van der Waals surface area contributed by atoms with E-state index in [0.717, 1.165) is 18.8 Å². The molecule has 0 spiro atoms. The van der Waals surface area contributed by atoms with Gasteiger partial charge in [-0.1, -0.05) is 13.8 Å². The lowest BCUT2D eigenvalue weighted by Crippen LogP contribution is -2.31. The maximum atomic E-state index is 12.1. The van der Waals surface area contributed by atoms with Crippen LogP contribution in [0.15, 0.2) is 18.2 Å². The van der Waals surface area contributed by atoms with E-state index >= 15 is 0 Å². The molecule has 0 bridgehead atoms. The summed E-state index contributed by atoms with van der Waals surface area (Å²) in [6.07, 6.45) is 0. The molecule has 0 saturated heterocycles. The Morgan fingerprint density at radius 3 is 2.58 bits per heavy atom. The zero-order valence-electron chi connectivity index (χ0n) is 12.4. The van der Waals surface area contributed by atoms with Crippen molar-refractivity contribution in [3.8, 4) is 0 Å². The Morgan fingerprint density at radius 1 is 1.37 bits per heavy atom. The lowest BCUT2D eigenvalue weighted by Gasteiger charge is -2.27. The van der Waals surface area contributed by atoms with Gasteiger partial charge in [0, 0.05) is 25.3 Å². The SMILES string of the molecule is CCNC(=O)c1ccc(N)cc1N(CC)CC(C)C. The third-order valence-electron chi connectivity index (χ3n) is 2.91. The van der Waals surface area contributed by atoms with Gasteiger partial charge in [0.2, 0.25) is 0 Å². The minimum Gasteiger partial charge on any atom is -0.399 e. The third kappa shape index (κ3) is 4.16. The molecule has 1 rings (SSSR count). The van der Waals surface area contributed by atoms with Crippen molar-refractivity contribution in [1.29, 1.82) is 0 Å². The van der Waals surface area contributed by atoms with E-state index in [4.69, 9.17) is 5.73 Å². The molecule has 1 amide bonds. The zero-order valence-corrected chi connectivity index (χ0v) is 12.4. The number of amides is 1. The molecule has 4 heteroatoms. The van der Waals surface area contributed by atoms with Gasteiger partial charge in [-0.3, -0.25) is 4.79 Å². The van der Waals surface area contributed by atoms with Crippen molar-refractivity contribution in [3.05, 3.63) is 23.8 Å². The first-order valence-electron chi connectivity index (χ1n) is 6.92. The highest BCUT2D eigenvalue weighted by atomic mass is 16.1. The van der Waals surface area contributed by atoms with Crippen LogP contribution in [0.3, 0.4) is 0 Å². The van der Waals surface area contributed by atoms with Gasteiger partial charge in [0.25, 0.3) is 5.91 Å². The number of nitrogens with zero attached hydrogens (tertiary/aromatic N) is 1. The number of nitrogens with two attached hydrogens (primary N) is 1. The highest BCUT2D eigenvalue weighted by molar-refractivity contribution is 6.00. The third-order valence-corrected chi connectivity index (χ3v) is 2.91. The standard InChI is InChI=1S/C15H25N3O/c1-5-17-15(19)13-8-7-12(16)9-14(13)18(6-2)10-11(3)4/h7-9,11H,5-6,10,16H2,1-4H3,(H,17,19). The van der Waals surface area contributed by atoms with Crippen molar-refractivity contribution in [2.24, 2.45) is 5.92 Å². The van der Waals surface area contributed by atoms with Crippen LogP contribution in [0.5, 0.6) is 0 Å². The number of benzene rings is 1. The number of anilines is 2. The molecule has 0 aliphatic carbocycles. The average Bonchev–Trinajstić information content (AvgIpc) is 2.35. The van der Waals surface area contributed by atoms with Crippen LogP contribution in [0.2, 0.25) is 0 Å². The fraction of sp³-hybridized carbons (Fsp3) is 0.533. The molecule has 0 radical (unpaired) electrons. The van der Waals surface area contributed by atoms with E-state index in [-0.39, 0.29) is 5.91 Å². The topological polar surface area (TPSA) is 58.4 Å². The minimum atomic E-state index is -0.0419. The number of nitrogen functional groups attached to an aromatic ring is 1. The van der Waals surface area contributed by atoms with Crippen molar-refractivity contribution in [2.75, 3.05) is 30.3 Å². The molecule has 1 aromatic rings. The summed E-state index contributed by atoms with van der Waals surface area (Å²) in [4.78, 5) is 14.3. The lowest BCUT2D eigenvalue weighted by atomic mass is 10.1. The molecule has 0 aliphatic rings. The Balaban J connectivity index is 3.14. The Kier molecular flexibility index (Phi) is 5.67. The van der Waals surface area contributed by atoms with E-state index in [1.54, 1.807) is 12.1 Å². The normalized spacial score (nSPS) is 10.6. The van der Waals surface area contributed by atoms with Gasteiger partial charge in [0.1, 0.15) is 0 Å². The first-order chi connectivity index (χ1) is 8.99.